The Morgan fingerprint density at radius 2 is 2.22 bits per heavy atom. The van der Waals surface area contributed by atoms with E-state index in [0.717, 1.165) is 19.3 Å². The summed E-state index contributed by atoms with van der Waals surface area (Å²) in [7, 11) is -2.10. The van der Waals surface area contributed by atoms with Gasteiger partial charge in [0.15, 0.2) is 0 Å². The molecule has 0 bridgehead atoms. The lowest BCUT2D eigenvalue weighted by atomic mass is 10.3. The van der Waals surface area contributed by atoms with Gasteiger partial charge < -0.3 is 0 Å². The number of hydrogen-bond acceptors (Lipinski definition) is 3. The molecule has 0 aliphatic rings. The quantitative estimate of drug-likeness (QED) is 0.284. The Hall–Kier alpha value is 0.150. The first-order valence-corrected chi connectivity index (χ1v) is 4.68. The number of rotatable bonds is 5. The molecule has 0 heterocycles. The van der Waals surface area contributed by atoms with Gasteiger partial charge in [-0.15, -0.1) is 0 Å². The molecule has 1 unspecified atom stereocenters. The summed E-state index contributed by atoms with van der Waals surface area (Å²) in [4.78, 5) is 0. The third kappa shape index (κ3) is 6.03. The summed E-state index contributed by atoms with van der Waals surface area (Å²) >= 11 is 0. The average Bonchev–Trinajstić information content (AvgIpc) is 1.89. The molecule has 0 aromatic carbocycles. The lowest BCUT2D eigenvalue weighted by molar-refractivity contribution is -0.130. The van der Waals surface area contributed by atoms with Crippen LogP contribution in [0.4, 0.5) is 0 Å². The van der Waals surface area contributed by atoms with Gasteiger partial charge >= 0.3 is 0 Å². The van der Waals surface area contributed by atoms with E-state index in [1.165, 1.54) is 0 Å². The average molecular weight is 152 g/mol. The molecule has 0 rings (SSSR count). The Bertz CT molecular complexity index is 84.3. The first-order valence-electron chi connectivity index (χ1n) is 3.15. The standard InChI is InChI=1S/C5H13O3P/c1-2-3-4-5-9(7)8-6/h6,9H,2-5H2,1H3. The molecule has 1 atom stereocenters. The first kappa shape index (κ1) is 9.15. The van der Waals surface area contributed by atoms with E-state index in [2.05, 4.69) is 11.6 Å². The second-order valence-corrected chi connectivity index (χ2v) is 3.35. The lowest BCUT2D eigenvalue weighted by Gasteiger charge is -1.94. The maximum Gasteiger partial charge on any atom is 0.224 e. The topological polar surface area (TPSA) is 46.5 Å². The van der Waals surface area contributed by atoms with E-state index in [4.69, 9.17) is 5.26 Å². The molecular formula is C5H13O3P. The Morgan fingerprint density at radius 1 is 1.56 bits per heavy atom. The number of unbranched alkanes of at least 4 members (excludes halogenated alkanes) is 2. The highest BCUT2D eigenvalue weighted by molar-refractivity contribution is 7.38. The molecule has 3 nitrogen and oxygen atoms in total. The van der Waals surface area contributed by atoms with E-state index in [0.29, 0.717) is 6.16 Å². The molecule has 0 aromatic rings. The highest BCUT2D eigenvalue weighted by atomic mass is 31.1. The molecule has 0 amide bonds. The largest absolute Gasteiger partial charge is 0.293 e. The van der Waals surface area contributed by atoms with Crippen LogP contribution in [0.1, 0.15) is 26.2 Å². The Balaban J connectivity index is 2.97. The first-order chi connectivity index (χ1) is 4.31. The van der Waals surface area contributed by atoms with Crippen LogP contribution in [-0.4, -0.2) is 11.4 Å². The zero-order chi connectivity index (χ0) is 7.11. The number of hydrogen-bond donors (Lipinski definition) is 1. The van der Waals surface area contributed by atoms with Crippen LogP contribution >= 0.6 is 8.03 Å². The Morgan fingerprint density at radius 3 is 2.67 bits per heavy atom. The van der Waals surface area contributed by atoms with Crippen molar-refractivity contribution >= 4 is 8.03 Å². The molecule has 0 saturated carbocycles. The van der Waals surface area contributed by atoms with Crippen LogP contribution in [-0.2, 0) is 9.24 Å². The van der Waals surface area contributed by atoms with Crippen LogP contribution in [0.2, 0.25) is 0 Å². The molecule has 1 N–H and O–H groups in total. The van der Waals surface area contributed by atoms with Crippen LogP contribution < -0.4 is 0 Å². The Kier molecular flexibility index (Phi) is 6.38. The van der Waals surface area contributed by atoms with E-state index in [-0.39, 0.29) is 0 Å². The highest BCUT2D eigenvalue weighted by Crippen LogP contribution is 2.21. The van der Waals surface area contributed by atoms with Crippen molar-refractivity contribution < 1.29 is 14.5 Å². The summed E-state index contributed by atoms with van der Waals surface area (Å²) in [6.45, 7) is 2.07. The van der Waals surface area contributed by atoms with Crippen molar-refractivity contribution in [1.29, 1.82) is 0 Å². The fraction of sp³-hybridized carbons (Fsp3) is 1.00. The zero-order valence-corrected chi connectivity index (χ0v) is 6.59. The van der Waals surface area contributed by atoms with Crippen molar-refractivity contribution in [2.45, 2.75) is 26.2 Å². The van der Waals surface area contributed by atoms with Crippen LogP contribution in [0.15, 0.2) is 0 Å². The van der Waals surface area contributed by atoms with Gasteiger partial charge in [0.05, 0.1) is 0 Å². The smallest absolute Gasteiger partial charge is 0.224 e. The van der Waals surface area contributed by atoms with E-state index in [1.54, 1.807) is 0 Å². The van der Waals surface area contributed by atoms with E-state index >= 15 is 0 Å². The van der Waals surface area contributed by atoms with Gasteiger partial charge in [-0.3, -0.25) is 4.57 Å². The van der Waals surface area contributed by atoms with Crippen LogP contribution in [0.3, 0.4) is 0 Å². The van der Waals surface area contributed by atoms with Crippen LogP contribution in [0.5, 0.6) is 0 Å². The van der Waals surface area contributed by atoms with Crippen molar-refractivity contribution in [3.8, 4) is 0 Å². The van der Waals surface area contributed by atoms with E-state index in [9.17, 15) is 4.57 Å². The molecule has 56 valence electrons. The van der Waals surface area contributed by atoms with E-state index in [1.807, 2.05) is 0 Å². The van der Waals surface area contributed by atoms with Gasteiger partial charge in [0.2, 0.25) is 8.03 Å². The molecule has 0 spiro atoms. The molecule has 0 aliphatic heterocycles. The second kappa shape index (κ2) is 6.27. The molecule has 0 fully saturated rings. The maximum atomic E-state index is 10.4. The monoisotopic (exact) mass is 152 g/mol. The van der Waals surface area contributed by atoms with Crippen LogP contribution in [0.25, 0.3) is 0 Å². The van der Waals surface area contributed by atoms with Gasteiger partial charge in [-0.2, -0.15) is 4.67 Å². The molecule has 0 aliphatic carbocycles. The van der Waals surface area contributed by atoms with Crippen molar-refractivity contribution in [2.24, 2.45) is 0 Å². The molecule has 9 heavy (non-hydrogen) atoms. The summed E-state index contributed by atoms with van der Waals surface area (Å²) in [5.74, 6) is 0. The molecule has 0 saturated heterocycles. The zero-order valence-electron chi connectivity index (χ0n) is 5.59. The van der Waals surface area contributed by atoms with Crippen LogP contribution in [0, 0.1) is 0 Å². The van der Waals surface area contributed by atoms with Gasteiger partial charge in [0.25, 0.3) is 0 Å². The maximum absolute atomic E-state index is 10.4. The minimum atomic E-state index is -2.10. The van der Waals surface area contributed by atoms with Crippen molar-refractivity contribution in [1.82, 2.24) is 0 Å². The third-order valence-electron chi connectivity index (χ3n) is 1.09. The summed E-state index contributed by atoms with van der Waals surface area (Å²) in [5.41, 5.74) is 0. The second-order valence-electron chi connectivity index (χ2n) is 1.92. The van der Waals surface area contributed by atoms with E-state index < -0.39 is 8.03 Å². The van der Waals surface area contributed by atoms with Gasteiger partial charge in [-0.1, -0.05) is 19.8 Å². The van der Waals surface area contributed by atoms with Crippen molar-refractivity contribution in [3.63, 3.8) is 0 Å². The SMILES string of the molecule is CCCCC[PH](=O)OO. The fourth-order valence-electron chi connectivity index (χ4n) is 0.565. The van der Waals surface area contributed by atoms with Crippen molar-refractivity contribution in [3.05, 3.63) is 0 Å². The minimum absolute atomic E-state index is 0.509. The summed E-state index contributed by atoms with van der Waals surface area (Å²) in [5, 5.41) is 7.87. The van der Waals surface area contributed by atoms with Crippen molar-refractivity contribution in [2.75, 3.05) is 6.16 Å². The molecule has 4 heteroatoms. The van der Waals surface area contributed by atoms with Gasteiger partial charge in [0.1, 0.15) is 0 Å². The highest BCUT2D eigenvalue weighted by Gasteiger charge is 1.95. The molecular weight excluding hydrogens is 139 g/mol. The van der Waals surface area contributed by atoms with Gasteiger partial charge in [0, 0.05) is 6.16 Å². The molecule has 0 radical (unpaired) electrons. The van der Waals surface area contributed by atoms with Gasteiger partial charge in [-0.25, -0.2) is 5.26 Å². The Labute approximate surface area is 55.8 Å². The predicted molar refractivity (Wildman–Crippen MR) is 37.1 cm³/mol. The predicted octanol–water partition coefficient (Wildman–Crippen LogP) is 2.14. The molecule has 0 aromatic heterocycles. The summed E-state index contributed by atoms with van der Waals surface area (Å²) in [6.07, 6.45) is 3.55. The fourth-order valence-corrected chi connectivity index (χ4v) is 1.19. The lowest BCUT2D eigenvalue weighted by Crippen LogP contribution is -1.79. The van der Waals surface area contributed by atoms with Gasteiger partial charge in [-0.05, 0) is 6.42 Å². The summed E-state index contributed by atoms with van der Waals surface area (Å²) < 4.78 is 14.0. The summed E-state index contributed by atoms with van der Waals surface area (Å²) in [6, 6.07) is 0. The minimum Gasteiger partial charge on any atom is -0.293 e. The third-order valence-corrected chi connectivity index (χ3v) is 2.05. The normalized spacial score (nSPS) is 13.6.